The van der Waals surface area contributed by atoms with Crippen LogP contribution in [-0.2, 0) is 9.59 Å². The van der Waals surface area contributed by atoms with Crippen molar-refractivity contribution in [2.75, 3.05) is 6.54 Å². The number of carbonyl (C=O) groups is 2. The van der Waals surface area contributed by atoms with E-state index in [9.17, 15) is 9.59 Å². The largest absolute Gasteiger partial charge is 0.274 e. The minimum absolute atomic E-state index is 0.242. The van der Waals surface area contributed by atoms with E-state index in [0.29, 0.717) is 23.1 Å². The number of carbonyl (C=O) groups excluding carboxylic acids is 2. The molecule has 0 aromatic heterocycles. The lowest BCUT2D eigenvalue weighted by Crippen LogP contribution is -2.32. The number of allylic oxidation sites excluding steroid dienone is 2. The lowest BCUT2D eigenvalue weighted by molar-refractivity contribution is -0.137. The van der Waals surface area contributed by atoms with Crippen molar-refractivity contribution in [2.24, 2.45) is 5.41 Å². The summed E-state index contributed by atoms with van der Waals surface area (Å²) in [6.07, 6.45) is 10.5. The molecule has 0 saturated carbocycles. The van der Waals surface area contributed by atoms with E-state index in [1.165, 1.54) is 29.0 Å². The topological polar surface area (TPSA) is 37.4 Å². The number of hydrogen-bond donors (Lipinski definition) is 0. The van der Waals surface area contributed by atoms with Crippen LogP contribution in [0.3, 0.4) is 0 Å². The third-order valence-corrected chi connectivity index (χ3v) is 4.60. The van der Waals surface area contributed by atoms with Crippen molar-refractivity contribution in [1.29, 1.82) is 0 Å². The average Bonchev–Trinajstić information content (AvgIpc) is 2.71. The summed E-state index contributed by atoms with van der Waals surface area (Å²) in [6, 6.07) is 0. The van der Waals surface area contributed by atoms with E-state index >= 15 is 0 Å². The summed E-state index contributed by atoms with van der Waals surface area (Å²) in [5.74, 6) is -0.484. The average molecular weight is 299 g/mol. The van der Waals surface area contributed by atoms with Gasteiger partial charge in [0.25, 0.3) is 11.8 Å². The van der Waals surface area contributed by atoms with Crippen molar-refractivity contribution in [3.63, 3.8) is 0 Å². The van der Waals surface area contributed by atoms with E-state index in [1.807, 2.05) is 0 Å². The zero-order valence-corrected chi connectivity index (χ0v) is 13.7. The summed E-state index contributed by atoms with van der Waals surface area (Å²) in [7, 11) is 0. The van der Waals surface area contributed by atoms with Crippen LogP contribution in [0.15, 0.2) is 48.1 Å². The summed E-state index contributed by atoms with van der Waals surface area (Å²) >= 11 is 0. The van der Waals surface area contributed by atoms with E-state index < -0.39 is 0 Å². The van der Waals surface area contributed by atoms with E-state index in [1.54, 1.807) is 0 Å². The molecule has 0 aromatic carbocycles. The van der Waals surface area contributed by atoms with E-state index in [0.717, 1.165) is 25.7 Å². The maximum atomic E-state index is 12.2. The highest BCUT2D eigenvalue weighted by atomic mass is 16.2. The molecule has 3 nitrogen and oxygen atoms in total. The van der Waals surface area contributed by atoms with Crippen molar-refractivity contribution in [1.82, 2.24) is 4.90 Å². The fraction of sp³-hybridized carbons (Fsp3) is 0.474. The van der Waals surface area contributed by atoms with Crippen molar-refractivity contribution in [2.45, 2.75) is 46.0 Å². The Morgan fingerprint density at radius 1 is 1.18 bits per heavy atom. The second-order valence-corrected chi connectivity index (χ2v) is 6.83. The number of hydrogen-bond acceptors (Lipinski definition) is 2. The van der Waals surface area contributed by atoms with Gasteiger partial charge in [-0.3, -0.25) is 14.5 Å². The molecule has 22 heavy (non-hydrogen) atoms. The molecular formula is C19H25NO2. The van der Waals surface area contributed by atoms with Gasteiger partial charge in [0, 0.05) is 6.54 Å². The first-order valence-corrected chi connectivity index (χ1v) is 7.93. The molecule has 1 aliphatic heterocycles. The SMILES string of the molecule is C=CC1=C(C=C)C(=O)N(CCCC2=CCC(C)(C)CC2)C1=O. The Balaban J connectivity index is 1.90. The van der Waals surface area contributed by atoms with Crippen molar-refractivity contribution >= 4 is 11.8 Å². The van der Waals surface area contributed by atoms with Gasteiger partial charge in [-0.1, -0.05) is 50.8 Å². The summed E-state index contributed by atoms with van der Waals surface area (Å²) in [5.41, 5.74) is 2.61. The lowest BCUT2D eigenvalue weighted by atomic mass is 9.77. The Morgan fingerprint density at radius 3 is 2.23 bits per heavy atom. The van der Waals surface area contributed by atoms with Gasteiger partial charge in [0.15, 0.2) is 0 Å². The number of imide groups is 1. The maximum absolute atomic E-state index is 12.2. The van der Waals surface area contributed by atoms with Crippen LogP contribution in [0.5, 0.6) is 0 Å². The van der Waals surface area contributed by atoms with Gasteiger partial charge in [0.1, 0.15) is 0 Å². The summed E-state index contributed by atoms with van der Waals surface area (Å²) in [6.45, 7) is 12.3. The summed E-state index contributed by atoms with van der Waals surface area (Å²) < 4.78 is 0. The zero-order valence-electron chi connectivity index (χ0n) is 13.7. The molecule has 0 radical (unpaired) electrons. The molecule has 0 bridgehead atoms. The molecule has 118 valence electrons. The summed E-state index contributed by atoms with van der Waals surface area (Å²) in [4.78, 5) is 25.7. The molecule has 0 aromatic rings. The monoisotopic (exact) mass is 299 g/mol. The van der Waals surface area contributed by atoms with E-state index in [2.05, 4.69) is 33.1 Å². The maximum Gasteiger partial charge on any atom is 0.261 e. The minimum atomic E-state index is -0.242. The molecule has 0 atom stereocenters. The molecule has 0 unspecified atom stereocenters. The molecule has 3 heteroatoms. The fourth-order valence-corrected chi connectivity index (χ4v) is 3.03. The van der Waals surface area contributed by atoms with Crippen molar-refractivity contribution in [3.05, 3.63) is 48.1 Å². The van der Waals surface area contributed by atoms with Crippen molar-refractivity contribution in [3.8, 4) is 0 Å². The predicted molar refractivity (Wildman–Crippen MR) is 89.1 cm³/mol. The van der Waals surface area contributed by atoms with Gasteiger partial charge in [0.05, 0.1) is 11.1 Å². The highest BCUT2D eigenvalue weighted by Crippen LogP contribution is 2.35. The fourth-order valence-electron chi connectivity index (χ4n) is 3.03. The van der Waals surface area contributed by atoms with Crippen molar-refractivity contribution < 1.29 is 9.59 Å². The Kier molecular flexibility index (Phi) is 4.84. The summed E-state index contributed by atoms with van der Waals surface area (Å²) in [5, 5.41) is 0. The van der Waals surface area contributed by atoms with Crippen LogP contribution in [0.25, 0.3) is 0 Å². The molecule has 1 aliphatic carbocycles. The third-order valence-electron chi connectivity index (χ3n) is 4.60. The first-order chi connectivity index (χ1) is 10.4. The second-order valence-electron chi connectivity index (χ2n) is 6.83. The third kappa shape index (κ3) is 3.29. The molecule has 2 aliphatic rings. The molecule has 0 N–H and O–H groups in total. The van der Waals surface area contributed by atoms with Gasteiger partial charge in [0.2, 0.25) is 0 Å². The number of amides is 2. The van der Waals surface area contributed by atoms with Crippen LogP contribution >= 0.6 is 0 Å². The van der Waals surface area contributed by atoms with Crippen LogP contribution in [0.1, 0.15) is 46.0 Å². The Labute approximate surface area is 133 Å². The van der Waals surface area contributed by atoms with Crippen LogP contribution < -0.4 is 0 Å². The molecule has 2 amide bonds. The van der Waals surface area contributed by atoms with Gasteiger partial charge in [-0.2, -0.15) is 0 Å². The first kappa shape index (κ1) is 16.5. The van der Waals surface area contributed by atoms with Gasteiger partial charge in [-0.05, 0) is 37.5 Å². The molecular weight excluding hydrogens is 274 g/mol. The normalized spacial score (nSPS) is 21.2. The predicted octanol–water partition coefficient (Wildman–Crippen LogP) is 3.94. The molecule has 1 heterocycles. The quantitative estimate of drug-likeness (QED) is 0.550. The Bertz CT molecular complexity index is 548. The number of rotatable bonds is 6. The van der Waals surface area contributed by atoms with E-state index in [4.69, 9.17) is 0 Å². The molecule has 0 saturated heterocycles. The van der Waals surface area contributed by atoms with Gasteiger partial charge < -0.3 is 0 Å². The van der Waals surface area contributed by atoms with Crippen LogP contribution in [0, 0.1) is 5.41 Å². The van der Waals surface area contributed by atoms with Gasteiger partial charge in [-0.25, -0.2) is 0 Å². The van der Waals surface area contributed by atoms with Gasteiger partial charge in [-0.15, -0.1) is 0 Å². The van der Waals surface area contributed by atoms with E-state index in [-0.39, 0.29) is 11.8 Å². The highest BCUT2D eigenvalue weighted by molar-refractivity contribution is 6.21. The zero-order chi connectivity index (χ0) is 16.3. The highest BCUT2D eigenvalue weighted by Gasteiger charge is 2.34. The molecule has 0 spiro atoms. The van der Waals surface area contributed by atoms with Crippen LogP contribution in [0.2, 0.25) is 0 Å². The molecule has 0 fully saturated rings. The smallest absolute Gasteiger partial charge is 0.261 e. The van der Waals surface area contributed by atoms with Gasteiger partial charge >= 0.3 is 0 Å². The first-order valence-electron chi connectivity index (χ1n) is 7.93. The number of nitrogens with zero attached hydrogens (tertiary/aromatic N) is 1. The standard InChI is InChI=1S/C19H25NO2/c1-5-15-16(6-2)18(22)20(17(15)21)13-7-8-14-9-11-19(3,4)12-10-14/h5-6,9H,1-2,7-8,10-13H2,3-4H3. The Hall–Kier alpha value is -1.90. The lowest BCUT2D eigenvalue weighted by Gasteiger charge is -2.28. The minimum Gasteiger partial charge on any atom is -0.274 e. The Morgan fingerprint density at radius 2 is 1.77 bits per heavy atom. The van der Waals surface area contributed by atoms with Crippen LogP contribution in [-0.4, -0.2) is 23.3 Å². The second kappa shape index (κ2) is 6.47. The molecule has 2 rings (SSSR count). The van der Waals surface area contributed by atoms with Crippen LogP contribution in [0.4, 0.5) is 0 Å².